The van der Waals surface area contributed by atoms with E-state index >= 15 is 0 Å². The molecule has 2 N–H and O–H groups in total. The van der Waals surface area contributed by atoms with Crippen LogP contribution in [-0.4, -0.2) is 24.0 Å². The zero-order valence-electron chi connectivity index (χ0n) is 9.43. The number of rotatable bonds is 2. The van der Waals surface area contributed by atoms with Crippen LogP contribution in [0.25, 0.3) is 0 Å². The maximum atomic E-state index is 13.8. The molecule has 0 radical (unpaired) electrons. The highest BCUT2D eigenvalue weighted by molar-refractivity contribution is 14.1. The molecule has 1 aliphatic rings. The molecule has 0 saturated carbocycles. The van der Waals surface area contributed by atoms with Gasteiger partial charge in [0, 0.05) is 28.3 Å². The van der Waals surface area contributed by atoms with Crippen LogP contribution >= 0.6 is 22.6 Å². The van der Waals surface area contributed by atoms with Crippen molar-refractivity contribution in [2.75, 3.05) is 13.1 Å². The Balaban J connectivity index is 2.15. The number of halogens is 3. The number of likely N-dealkylation sites (tertiary alicyclic amines) is 1. The lowest BCUT2D eigenvalue weighted by atomic mass is 10.1. The van der Waals surface area contributed by atoms with E-state index in [4.69, 9.17) is 5.73 Å². The Hall–Kier alpha value is -0.270. The summed E-state index contributed by atoms with van der Waals surface area (Å²) in [5, 5.41) is 0. The minimum atomic E-state index is -0.470. The topological polar surface area (TPSA) is 29.3 Å². The van der Waals surface area contributed by atoms with Gasteiger partial charge in [0.25, 0.3) is 0 Å². The molecular weight excluding hydrogens is 337 g/mol. The number of nitrogens with two attached hydrogens (primary N) is 1. The average molecular weight is 352 g/mol. The Labute approximate surface area is 113 Å². The molecule has 1 aromatic carbocycles. The molecule has 0 spiro atoms. The summed E-state index contributed by atoms with van der Waals surface area (Å²) in [6.07, 6.45) is 1.99. The first-order valence-electron chi connectivity index (χ1n) is 5.68. The van der Waals surface area contributed by atoms with Crippen molar-refractivity contribution in [1.82, 2.24) is 4.90 Å². The molecule has 0 aromatic heterocycles. The van der Waals surface area contributed by atoms with E-state index in [1.165, 1.54) is 12.1 Å². The van der Waals surface area contributed by atoms with Crippen LogP contribution < -0.4 is 5.73 Å². The summed E-state index contributed by atoms with van der Waals surface area (Å²) in [6, 6.07) is 2.90. The smallest absolute Gasteiger partial charge is 0.143 e. The quantitative estimate of drug-likeness (QED) is 0.655. The Morgan fingerprint density at radius 1 is 1.41 bits per heavy atom. The zero-order valence-corrected chi connectivity index (χ0v) is 11.6. The lowest BCUT2D eigenvalue weighted by Crippen LogP contribution is -2.42. The Morgan fingerprint density at radius 3 is 2.88 bits per heavy atom. The molecule has 1 aliphatic heterocycles. The van der Waals surface area contributed by atoms with Crippen molar-refractivity contribution in [3.05, 3.63) is 32.9 Å². The highest BCUT2D eigenvalue weighted by atomic mass is 127. The number of nitrogens with zero attached hydrogens (tertiary/aromatic N) is 1. The minimum Gasteiger partial charge on any atom is -0.327 e. The summed E-state index contributed by atoms with van der Waals surface area (Å²) in [5.41, 5.74) is 6.01. The van der Waals surface area contributed by atoms with E-state index in [0.717, 1.165) is 19.4 Å². The molecule has 1 atom stereocenters. The number of piperidine rings is 1. The minimum absolute atomic E-state index is 0.123. The largest absolute Gasteiger partial charge is 0.327 e. The third-order valence-corrected chi connectivity index (χ3v) is 3.90. The van der Waals surface area contributed by atoms with E-state index in [1.54, 1.807) is 0 Å². The summed E-state index contributed by atoms with van der Waals surface area (Å²) in [5.74, 6) is -0.910. The molecule has 0 unspecified atom stereocenters. The van der Waals surface area contributed by atoms with Crippen LogP contribution in [0.15, 0.2) is 12.1 Å². The van der Waals surface area contributed by atoms with Crippen LogP contribution in [0, 0.1) is 15.2 Å². The molecule has 1 aromatic rings. The van der Waals surface area contributed by atoms with E-state index < -0.39 is 11.6 Å². The summed E-state index contributed by atoms with van der Waals surface area (Å²) in [6.45, 7) is 1.88. The number of hydrogen-bond donors (Lipinski definition) is 1. The average Bonchev–Trinajstić information content (AvgIpc) is 2.30. The first-order chi connectivity index (χ1) is 8.08. The fraction of sp³-hybridized carbons (Fsp3) is 0.500. The van der Waals surface area contributed by atoms with Crippen molar-refractivity contribution < 1.29 is 8.78 Å². The van der Waals surface area contributed by atoms with Gasteiger partial charge in [0.1, 0.15) is 11.6 Å². The van der Waals surface area contributed by atoms with Gasteiger partial charge in [0.05, 0.1) is 0 Å². The van der Waals surface area contributed by atoms with Gasteiger partial charge >= 0.3 is 0 Å². The Morgan fingerprint density at radius 2 is 2.18 bits per heavy atom. The summed E-state index contributed by atoms with van der Waals surface area (Å²) in [4.78, 5) is 2.02. The SMILES string of the molecule is N[C@@H]1CCCN(Cc2c(F)ccc(I)c2F)C1. The summed E-state index contributed by atoms with van der Waals surface area (Å²) >= 11 is 1.88. The van der Waals surface area contributed by atoms with E-state index in [0.29, 0.717) is 16.7 Å². The van der Waals surface area contributed by atoms with E-state index in [-0.39, 0.29) is 11.6 Å². The number of hydrogen-bond acceptors (Lipinski definition) is 2. The molecule has 17 heavy (non-hydrogen) atoms. The standard InChI is InChI=1S/C12H15F2IN2/c13-10-3-4-11(15)12(14)9(10)7-17-5-1-2-8(16)6-17/h3-4,8H,1-2,5-7,16H2/t8-/m1/s1. The highest BCUT2D eigenvalue weighted by Gasteiger charge is 2.20. The Kier molecular flexibility index (Phi) is 4.32. The molecule has 1 fully saturated rings. The van der Waals surface area contributed by atoms with Gasteiger partial charge in [0.2, 0.25) is 0 Å². The van der Waals surface area contributed by atoms with Crippen LogP contribution in [0.1, 0.15) is 18.4 Å². The molecule has 94 valence electrons. The molecule has 5 heteroatoms. The van der Waals surface area contributed by atoms with Crippen LogP contribution in [0.3, 0.4) is 0 Å². The molecular formula is C12H15F2IN2. The van der Waals surface area contributed by atoms with Gasteiger partial charge in [-0.1, -0.05) is 0 Å². The molecule has 0 bridgehead atoms. The van der Waals surface area contributed by atoms with Crippen molar-refractivity contribution >= 4 is 22.6 Å². The van der Waals surface area contributed by atoms with Gasteiger partial charge in [-0.3, -0.25) is 4.90 Å². The molecule has 1 heterocycles. The van der Waals surface area contributed by atoms with E-state index in [9.17, 15) is 8.78 Å². The number of benzene rings is 1. The predicted octanol–water partition coefficient (Wildman–Crippen LogP) is 2.49. The van der Waals surface area contributed by atoms with Crippen LogP contribution in [0.4, 0.5) is 8.78 Å². The van der Waals surface area contributed by atoms with Gasteiger partial charge in [-0.25, -0.2) is 8.78 Å². The maximum absolute atomic E-state index is 13.8. The van der Waals surface area contributed by atoms with Crippen molar-refractivity contribution in [2.45, 2.75) is 25.4 Å². The van der Waals surface area contributed by atoms with Gasteiger partial charge in [-0.15, -0.1) is 0 Å². The van der Waals surface area contributed by atoms with E-state index in [2.05, 4.69) is 0 Å². The first kappa shape index (κ1) is 13.2. The van der Waals surface area contributed by atoms with Crippen molar-refractivity contribution in [1.29, 1.82) is 0 Å². The second kappa shape index (κ2) is 5.58. The molecule has 0 amide bonds. The first-order valence-corrected chi connectivity index (χ1v) is 6.76. The van der Waals surface area contributed by atoms with Crippen LogP contribution in [-0.2, 0) is 6.54 Å². The molecule has 0 aliphatic carbocycles. The fourth-order valence-corrected chi connectivity index (χ4v) is 2.68. The third-order valence-electron chi connectivity index (χ3n) is 3.06. The van der Waals surface area contributed by atoms with Crippen LogP contribution in [0.5, 0.6) is 0 Å². The van der Waals surface area contributed by atoms with Crippen molar-refractivity contribution in [3.63, 3.8) is 0 Å². The van der Waals surface area contributed by atoms with Crippen LogP contribution in [0.2, 0.25) is 0 Å². The van der Waals surface area contributed by atoms with Gasteiger partial charge in [-0.2, -0.15) is 0 Å². The van der Waals surface area contributed by atoms with Gasteiger partial charge in [-0.05, 0) is 54.1 Å². The Bertz CT molecular complexity index is 412. The summed E-state index contributed by atoms with van der Waals surface area (Å²) < 4.78 is 27.8. The lowest BCUT2D eigenvalue weighted by molar-refractivity contribution is 0.196. The third kappa shape index (κ3) is 3.14. The molecule has 2 nitrogen and oxygen atoms in total. The maximum Gasteiger partial charge on any atom is 0.143 e. The second-order valence-corrected chi connectivity index (χ2v) is 5.62. The van der Waals surface area contributed by atoms with Crippen molar-refractivity contribution in [3.8, 4) is 0 Å². The highest BCUT2D eigenvalue weighted by Crippen LogP contribution is 2.21. The van der Waals surface area contributed by atoms with Crippen molar-refractivity contribution in [2.24, 2.45) is 5.73 Å². The van der Waals surface area contributed by atoms with E-state index in [1.807, 2.05) is 27.5 Å². The second-order valence-electron chi connectivity index (χ2n) is 4.46. The summed E-state index contributed by atoms with van der Waals surface area (Å²) in [7, 11) is 0. The molecule has 2 rings (SSSR count). The lowest BCUT2D eigenvalue weighted by Gasteiger charge is -2.30. The van der Waals surface area contributed by atoms with Gasteiger partial charge < -0.3 is 5.73 Å². The predicted molar refractivity (Wildman–Crippen MR) is 71.6 cm³/mol. The molecule has 1 saturated heterocycles. The van der Waals surface area contributed by atoms with Gasteiger partial charge in [0.15, 0.2) is 0 Å². The zero-order chi connectivity index (χ0) is 12.4. The monoisotopic (exact) mass is 352 g/mol. The fourth-order valence-electron chi connectivity index (χ4n) is 2.17. The normalized spacial score (nSPS) is 21.8.